The maximum Gasteiger partial charge on any atom is 0.181 e. The van der Waals surface area contributed by atoms with E-state index in [9.17, 15) is 0 Å². The molecule has 0 aliphatic rings. The minimum atomic E-state index is 0.523. The van der Waals surface area contributed by atoms with Crippen molar-refractivity contribution in [3.8, 4) is 0 Å². The zero-order chi connectivity index (χ0) is 12.4. The molecule has 5 nitrogen and oxygen atoms in total. The standard InChI is InChI=1S/C9H11N5S3/c1-4-6(10)11-5(2)12-7(4)16-9-14-13-8(15-3)17-9/h1-3H3,(H2,10,11,12). The number of aromatic nitrogens is 4. The average Bonchev–Trinajstić information content (AvgIpc) is 2.73. The lowest BCUT2D eigenvalue weighted by atomic mass is 10.3. The topological polar surface area (TPSA) is 77.6 Å². The molecule has 0 saturated carbocycles. The third-order valence-electron chi connectivity index (χ3n) is 2.00. The predicted molar refractivity (Wildman–Crippen MR) is 71.7 cm³/mol. The van der Waals surface area contributed by atoms with Gasteiger partial charge in [-0.1, -0.05) is 23.1 Å². The van der Waals surface area contributed by atoms with Gasteiger partial charge in [0.2, 0.25) is 0 Å². The SMILES string of the molecule is CSc1nnc(Sc2nc(C)nc(N)c2C)s1. The molecule has 90 valence electrons. The first-order valence-electron chi connectivity index (χ1n) is 4.76. The fraction of sp³-hybridized carbons (Fsp3) is 0.333. The van der Waals surface area contributed by atoms with Gasteiger partial charge in [0.25, 0.3) is 0 Å². The molecule has 0 spiro atoms. The van der Waals surface area contributed by atoms with E-state index in [4.69, 9.17) is 5.73 Å². The summed E-state index contributed by atoms with van der Waals surface area (Å²) in [6, 6.07) is 0. The molecule has 0 saturated heterocycles. The lowest BCUT2D eigenvalue weighted by Gasteiger charge is -2.05. The monoisotopic (exact) mass is 285 g/mol. The molecule has 0 unspecified atom stereocenters. The van der Waals surface area contributed by atoms with E-state index in [1.54, 1.807) is 23.1 Å². The van der Waals surface area contributed by atoms with Crippen LogP contribution in [0.3, 0.4) is 0 Å². The molecule has 0 fully saturated rings. The summed E-state index contributed by atoms with van der Waals surface area (Å²) in [6.07, 6.45) is 1.98. The van der Waals surface area contributed by atoms with Crippen molar-refractivity contribution in [2.45, 2.75) is 27.6 Å². The second-order valence-corrected chi connectivity index (χ2v) is 6.49. The Labute approximate surface area is 112 Å². The molecular weight excluding hydrogens is 274 g/mol. The average molecular weight is 285 g/mol. The first kappa shape index (κ1) is 12.6. The third-order valence-corrected chi connectivity index (χ3v) is 5.04. The zero-order valence-electron chi connectivity index (χ0n) is 9.59. The Morgan fingerprint density at radius 1 is 1.12 bits per heavy atom. The number of nitrogens with zero attached hydrogens (tertiary/aromatic N) is 4. The highest BCUT2D eigenvalue weighted by Crippen LogP contribution is 2.34. The first-order chi connectivity index (χ1) is 8.10. The van der Waals surface area contributed by atoms with Gasteiger partial charge in [-0.15, -0.1) is 10.2 Å². The molecule has 0 amide bonds. The van der Waals surface area contributed by atoms with E-state index in [1.165, 1.54) is 11.8 Å². The normalized spacial score (nSPS) is 10.8. The summed E-state index contributed by atoms with van der Waals surface area (Å²) in [5.74, 6) is 1.19. The van der Waals surface area contributed by atoms with Gasteiger partial charge in [0.1, 0.15) is 16.7 Å². The predicted octanol–water partition coefficient (Wildman–Crippen LogP) is 2.40. The first-order valence-corrected chi connectivity index (χ1v) is 7.62. The fourth-order valence-electron chi connectivity index (χ4n) is 1.13. The lowest BCUT2D eigenvalue weighted by molar-refractivity contribution is 0.932. The number of nitrogens with two attached hydrogens (primary N) is 1. The quantitative estimate of drug-likeness (QED) is 0.685. The molecule has 2 aromatic rings. The van der Waals surface area contributed by atoms with Gasteiger partial charge in [0.05, 0.1) is 0 Å². The van der Waals surface area contributed by atoms with Gasteiger partial charge < -0.3 is 5.73 Å². The number of thioether (sulfide) groups is 1. The Morgan fingerprint density at radius 3 is 2.47 bits per heavy atom. The van der Waals surface area contributed by atoms with E-state index in [-0.39, 0.29) is 0 Å². The van der Waals surface area contributed by atoms with Crippen LogP contribution in [0, 0.1) is 13.8 Å². The van der Waals surface area contributed by atoms with Crippen molar-refractivity contribution in [2.75, 3.05) is 12.0 Å². The van der Waals surface area contributed by atoms with E-state index < -0.39 is 0 Å². The molecule has 2 rings (SSSR count). The highest BCUT2D eigenvalue weighted by Gasteiger charge is 2.11. The largest absolute Gasteiger partial charge is 0.383 e. The van der Waals surface area contributed by atoms with Crippen LogP contribution in [0.1, 0.15) is 11.4 Å². The van der Waals surface area contributed by atoms with Crippen LogP contribution >= 0.6 is 34.9 Å². The molecule has 2 N–H and O–H groups in total. The summed E-state index contributed by atoms with van der Waals surface area (Å²) >= 11 is 4.61. The molecule has 2 heterocycles. The van der Waals surface area contributed by atoms with Crippen LogP contribution in [0.4, 0.5) is 5.82 Å². The van der Waals surface area contributed by atoms with Crippen LogP contribution < -0.4 is 5.73 Å². The minimum Gasteiger partial charge on any atom is -0.383 e. The second-order valence-electron chi connectivity index (χ2n) is 3.23. The van der Waals surface area contributed by atoms with Crippen molar-refractivity contribution >= 4 is 40.7 Å². The van der Waals surface area contributed by atoms with Crippen LogP contribution in [0.5, 0.6) is 0 Å². The van der Waals surface area contributed by atoms with Crippen molar-refractivity contribution < 1.29 is 0 Å². The summed E-state index contributed by atoms with van der Waals surface area (Å²) < 4.78 is 1.82. The van der Waals surface area contributed by atoms with Crippen LogP contribution in [0.2, 0.25) is 0 Å². The van der Waals surface area contributed by atoms with Gasteiger partial charge in [0, 0.05) is 5.56 Å². The summed E-state index contributed by atoms with van der Waals surface area (Å²) in [7, 11) is 0. The van der Waals surface area contributed by atoms with Crippen molar-refractivity contribution in [1.82, 2.24) is 20.2 Å². The van der Waals surface area contributed by atoms with Gasteiger partial charge in [0.15, 0.2) is 8.68 Å². The van der Waals surface area contributed by atoms with Gasteiger partial charge in [-0.2, -0.15) is 0 Å². The lowest BCUT2D eigenvalue weighted by Crippen LogP contribution is -2.01. The van der Waals surface area contributed by atoms with Crippen molar-refractivity contribution in [3.05, 3.63) is 11.4 Å². The number of rotatable bonds is 3. The molecule has 0 aliphatic heterocycles. The maximum absolute atomic E-state index is 5.81. The Hall–Kier alpha value is -0.860. The second kappa shape index (κ2) is 5.19. The summed E-state index contributed by atoms with van der Waals surface area (Å²) in [5.41, 5.74) is 6.70. The van der Waals surface area contributed by atoms with E-state index in [0.717, 1.165) is 19.3 Å². The number of aryl methyl sites for hydroxylation is 1. The third kappa shape index (κ3) is 2.88. The number of hydrogen-bond donors (Lipinski definition) is 1. The van der Waals surface area contributed by atoms with E-state index in [2.05, 4.69) is 20.2 Å². The van der Waals surface area contributed by atoms with Gasteiger partial charge in [-0.3, -0.25) is 0 Å². The highest BCUT2D eigenvalue weighted by molar-refractivity contribution is 8.03. The smallest absolute Gasteiger partial charge is 0.181 e. The maximum atomic E-state index is 5.81. The van der Waals surface area contributed by atoms with E-state index in [1.807, 2.05) is 20.1 Å². The van der Waals surface area contributed by atoms with Crippen molar-refractivity contribution in [1.29, 1.82) is 0 Å². The Morgan fingerprint density at radius 2 is 1.82 bits per heavy atom. The molecule has 17 heavy (non-hydrogen) atoms. The fourth-order valence-corrected chi connectivity index (χ4v) is 3.61. The molecule has 8 heteroatoms. The molecule has 2 aromatic heterocycles. The molecule has 0 aliphatic carbocycles. The molecule has 0 aromatic carbocycles. The van der Waals surface area contributed by atoms with Gasteiger partial charge >= 0.3 is 0 Å². The molecule has 0 atom stereocenters. The Kier molecular flexibility index (Phi) is 3.85. The Bertz CT molecular complexity index is 539. The zero-order valence-corrected chi connectivity index (χ0v) is 12.0. The van der Waals surface area contributed by atoms with Gasteiger partial charge in [-0.05, 0) is 31.9 Å². The highest BCUT2D eigenvalue weighted by atomic mass is 32.2. The number of nitrogen functional groups attached to an aromatic ring is 1. The van der Waals surface area contributed by atoms with Crippen LogP contribution in [0.25, 0.3) is 0 Å². The van der Waals surface area contributed by atoms with E-state index >= 15 is 0 Å². The molecular formula is C9H11N5S3. The minimum absolute atomic E-state index is 0.523. The van der Waals surface area contributed by atoms with Crippen molar-refractivity contribution in [3.63, 3.8) is 0 Å². The van der Waals surface area contributed by atoms with Gasteiger partial charge in [-0.25, -0.2) is 9.97 Å². The summed E-state index contributed by atoms with van der Waals surface area (Å²) in [4.78, 5) is 8.48. The van der Waals surface area contributed by atoms with Crippen LogP contribution in [-0.2, 0) is 0 Å². The summed E-state index contributed by atoms with van der Waals surface area (Å²) in [6.45, 7) is 3.74. The Balaban J connectivity index is 2.29. The van der Waals surface area contributed by atoms with Crippen LogP contribution in [0.15, 0.2) is 13.7 Å². The number of hydrogen-bond acceptors (Lipinski definition) is 8. The van der Waals surface area contributed by atoms with E-state index in [0.29, 0.717) is 11.6 Å². The van der Waals surface area contributed by atoms with Crippen LogP contribution in [-0.4, -0.2) is 26.4 Å². The van der Waals surface area contributed by atoms with Crippen molar-refractivity contribution in [2.24, 2.45) is 0 Å². The summed E-state index contributed by atoms with van der Waals surface area (Å²) in [5, 5.41) is 8.98. The molecule has 0 bridgehead atoms. The number of anilines is 1. The molecule has 0 radical (unpaired) electrons.